The van der Waals surface area contributed by atoms with Crippen LogP contribution < -0.4 is 5.73 Å². The Kier molecular flexibility index (Phi) is 2.15. The predicted molar refractivity (Wildman–Crippen MR) is 53.1 cm³/mol. The first-order valence-electron chi connectivity index (χ1n) is 4.78. The molecule has 3 N–H and O–H groups in total. The molecule has 2 rings (SSSR count). The summed E-state index contributed by atoms with van der Waals surface area (Å²) < 4.78 is 0. The highest BCUT2D eigenvalue weighted by molar-refractivity contribution is 5.93. The number of aromatic hydroxyl groups is 1. The zero-order valence-electron chi connectivity index (χ0n) is 7.86. The van der Waals surface area contributed by atoms with E-state index in [0.29, 0.717) is 5.56 Å². The van der Waals surface area contributed by atoms with Gasteiger partial charge in [-0.3, -0.25) is 4.79 Å². The Morgan fingerprint density at radius 1 is 1.43 bits per heavy atom. The molecule has 1 aromatic carbocycles. The molecule has 0 atom stereocenters. The SMILES string of the molecule is NC(=O)c1cc(O)cc(CC2CC2)c1. The number of hydrogen-bond acceptors (Lipinski definition) is 2. The summed E-state index contributed by atoms with van der Waals surface area (Å²) in [5.41, 5.74) is 6.54. The molecule has 0 aromatic heterocycles. The van der Waals surface area contributed by atoms with E-state index in [4.69, 9.17) is 5.73 Å². The van der Waals surface area contributed by atoms with Crippen molar-refractivity contribution in [3.63, 3.8) is 0 Å². The molecule has 0 saturated heterocycles. The van der Waals surface area contributed by atoms with Crippen LogP contribution in [0.25, 0.3) is 0 Å². The van der Waals surface area contributed by atoms with Gasteiger partial charge in [0.1, 0.15) is 5.75 Å². The summed E-state index contributed by atoms with van der Waals surface area (Å²) in [7, 11) is 0. The molecule has 1 saturated carbocycles. The quantitative estimate of drug-likeness (QED) is 0.759. The van der Waals surface area contributed by atoms with Crippen LogP contribution in [0, 0.1) is 5.92 Å². The Morgan fingerprint density at radius 3 is 2.71 bits per heavy atom. The summed E-state index contributed by atoms with van der Waals surface area (Å²) >= 11 is 0. The Bertz CT molecular complexity index is 370. The minimum Gasteiger partial charge on any atom is -0.508 e. The van der Waals surface area contributed by atoms with E-state index in [1.54, 1.807) is 12.1 Å². The third kappa shape index (κ3) is 2.05. The zero-order valence-corrected chi connectivity index (χ0v) is 7.86. The number of carbonyl (C=O) groups excluding carboxylic acids is 1. The standard InChI is InChI=1S/C11H13NO2/c12-11(14)9-4-8(3-7-1-2-7)5-10(13)6-9/h4-7,13H,1-3H2,(H2,12,14). The molecule has 0 aliphatic heterocycles. The van der Waals surface area contributed by atoms with Crippen LogP contribution in [-0.4, -0.2) is 11.0 Å². The van der Waals surface area contributed by atoms with E-state index in [0.717, 1.165) is 17.9 Å². The maximum absolute atomic E-state index is 10.9. The third-order valence-corrected chi connectivity index (χ3v) is 2.48. The van der Waals surface area contributed by atoms with Crippen molar-refractivity contribution in [2.45, 2.75) is 19.3 Å². The van der Waals surface area contributed by atoms with E-state index in [-0.39, 0.29) is 5.75 Å². The van der Waals surface area contributed by atoms with Crippen molar-refractivity contribution in [2.75, 3.05) is 0 Å². The van der Waals surface area contributed by atoms with Crippen LogP contribution in [0.4, 0.5) is 0 Å². The number of phenolic OH excluding ortho intramolecular Hbond substituents is 1. The molecular weight excluding hydrogens is 178 g/mol. The first kappa shape index (κ1) is 9.06. The van der Waals surface area contributed by atoms with E-state index in [1.165, 1.54) is 18.9 Å². The number of nitrogens with two attached hydrogens (primary N) is 1. The molecule has 74 valence electrons. The molecule has 0 unspecified atom stereocenters. The van der Waals surface area contributed by atoms with Gasteiger partial charge < -0.3 is 10.8 Å². The second-order valence-electron chi connectivity index (χ2n) is 3.90. The molecule has 0 heterocycles. The highest BCUT2D eigenvalue weighted by Gasteiger charge is 2.21. The van der Waals surface area contributed by atoms with Gasteiger partial charge in [0, 0.05) is 5.56 Å². The van der Waals surface area contributed by atoms with Gasteiger partial charge in [0.25, 0.3) is 0 Å². The van der Waals surface area contributed by atoms with Crippen molar-refractivity contribution in [1.29, 1.82) is 0 Å². The molecular formula is C11H13NO2. The van der Waals surface area contributed by atoms with Crippen LogP contribution >= 0.6 is 0 Å². The smallest absolute Gasteiger partial charge is 0.248 e. The highest BCUT2D eigenvalue weighted by Crippen LogP contribution is 2.33. The van der Waals surface area contributed by atoms with Crippen LogP contribution in [0.2, 0.25) is 0 Å². The van der Waals surface area contributed by atoms with E-state index in [1.807, 2.05) is 0 Å². The van der Waals surface area contributed by atoms with Crippen molar-refractivity contribution in [1.82, 2.24) is 0 Å². The Hall–Kier alpha value is -1.51. The first-order valence-corrected chi connectivity index (χ1v) is 4.78. The highest BCUT2D eigenvalue weighted by atomic mass is 16.3. The van der Waals surface area contributed by atoms with Crippen molar-refractivity contribution < 1.29 is 9.90 Å². The third-order valence-electron chi connectivity index (χ3n) is 2.48. The van der Waals surface area contributed by atoms with Gasteiger partial charge in [-0.1, -0.05) is 0 Å². The monoisotopic (exact) mass is 191 g/mol. The largest absolute Gasteiger partial charge is 0.508 e. The molecule has 3 heteroatoms. The van der Waals surface area contributed by atoms with E-state index in [9.17, 15) is 9.90 Å². The number of carbonyl (C=O) groups is 1. The Morgan fingerprint density at radius 2 is 2.14 bits per heavy atom. The van der Waals surface area contributed by atoms with Gasteiger partial charge in [-0.15, -0.1) is 0 Å². The molecule has 1 aromatic rings. The molecule has 1 amide bonds. The number of rotatable bonds is 3. The van der Waals surface area contributed by atoms with Crippen molar-refractivity contribution in [3.05, 3.63) is 29.3 Å². The number of amides is 1. The lowest BCUT2D eigenvalue weighted by Gasteiger charge is -2.03. The normalized spacial score (nSPS) is 15.4. The van der Waals surface area contributed by atoms with E-state index < -0.39 is 5.91 Å². The molecule has 0 radical (unpaired) electrons. The molecule has 1 aliphatic rings. The summed E-state index contributed by atoms with van der Waals surface area (Å²) in [6, 6.07) is 4.86. The maximum atomic E-state index is 10.9. The topological polar surface area (TPSA) is 63.3 Å². The Balaban J connectivity index is 2.25. The second-order valence-corrected chi connectivity index (χ2v) is 3.90. The fourth-order valence-electron chi connectivity index (χ4n) is 1.59. The lowest BCUT2D eigenvalue weighted by Crippen LogP contribution is -2.11. The number of benzene rings is 1. The molecule has 1 aliphatic carbocycles. The van der Waals surface area contributed by atoms with Gasteiger partial charge in [0.2, 0.25) is 5.91 Å². The van der Waals surface area contributed by atoms with Crippen LogP contribution in [0.5, 0.6) is 5.75 Å². The average Bonchev–Trinajstić information content (AvgIpc) is 2.87. The zero-order chi connectivity index (χ0) is 10.1. The van der Waals surface area contributed by atoms with Gasteiger partial charge in [-0.2, -0.15) is 0 Å². The molecule has 0 spiro atoms. The summed E-state index contributed by atoms with van der Waals surface area (Å²) in [6.45, 7) is 0. The minimum atomic E-state index is -0.488. The van der Waals surface area contributed by atoms with Crippen LogP contribution in [-0.2, 0) is 6.42 Å². The molecule has 1 fully saturated rings. The fourth-order valence-corrected chi connectivity index (χ4v) is 1.59. The predicted octanol–water partition coefficient (Wildman–Crippen LogP) is 1.44. The van der Waals surface area contributed by atoms with Crippen molar-refractivity contribution in [3.8, 4) is 5.75 Å². The van der Waals surface area contributed by atoms with Gasteiger partial charge in [0.05, 0.1) is 0 Å². The maximum Gasteiger partial charge on any atom is 0.248 e. The van der Waals surface area contributed by atoms with Crippen molar-refractivity contribution in [2.24, 2.45) is 11.7 Å². The van der Waals surface area contributed by atoms with Crippen LogP contribution in [0.15, 0.2) is 18.2 Å². The second kappa shape index (κ2) is 3.33. The minimum absolute atomic E-state index is 0.122. The lowest BCUT2D eigenvalue weighted by atomic mass is 10.0. The number of phenols is 1. The van der Waals surface area contributed by atoms with Crippen LogP contribution in [0.3, 0.4) is 0 Å². The molecule has 0 bridgehead atoms. The summed E-state index contributed by atoms with van der Waals surface area (Å²) in [4.78, 5) is 10.9. The Labute approximate surface area is 82.5 Å². The van der Waals surface area contributed by atoms with Gasteiger partial charge in [-0.05, 0) is 48.9 Å². The van der Waals surface area contributed by atoms with Gasteiger partial charge >= 0.3 is 0 Å². The molecule has 14 heavy (non-hydrogen) atoms. The number of hydrogen-bond donors (Lipinski definition) is 2. The van der Waals surface area contributed by atoms with E-state index in [2.05, 4.69) is 0 Å². The summed E-state index contributed by atoms with van der Waals surface area (Å²) in [5.74, 6) is 0.368. The van der Waals surface area contributed by atoms with E-state index >= 15 is 0 Å². The van der Waals surface area contributed by atoms with Gasteiger partial charge in [-0.25, -0.2) is 0 Å². The van der Waals surface area contributed by atoms with Crippen molar-refractivity contribution >= 4 is 5.91 Å². The number of primary amides is 1. The lowest BCUT2D eigenvalue weighted by molar-refractivity contribution is 0.1000. The first-order chi connectivity index (χ1) is 6.65. The molecule has 3 nitrogen and oxygen atoms in total. The fraction of sp³-hybridized carbons (Fsp3) is 0.364. The van der Waals surface area contributed by atoms with Crippen LogP contribution in [0.1, 0.15) is 28.8 Å². The average molecular weight is 191 g/mol. The summed E-state index contributed by atoms with van der Waals surface area (Å²) in [5, 5.41) is 9.37. The summed E-state index contributed by atoms with van der Waals surface area (Å²) in [6.07, 6.45) is 3.44. The van der Waals surface area contributed by atoms with Gasteiger partial charge in [0.15, 0.2) is 0 Å².